The topological polar surface area (TPSA) is 52.5 Å². The van der Waals surface area contributed by atoms with Gasteiger partial charge in [-0.25, -0.2) is 0 Å². The summed E-state index contributed by atoms with van der Waals surface area (Å²) >= 11 is 0. The lowest BCUT2D eigenvalue weighted by Crippen LogP contribution is -2.30. The quantitative estimate of drug-likeness (QED) is 0.840. The van der Waals surface area contributed by atoms with Crippen LogP contribution in [-0.2, 0) is 6.42 Å². The van der Waals surface area contributed by atoms with Crippen LogP contribution in [0.15, 0.2) is 35.3 Å². The highest BCUT2D eigenvalue weighted by Gasteiger charge is 2.25. The summed E-state index contributed by atoms with van der Waals surface area (Å²) in [5.74, 6) is 1.51. The maximum atomic E-state index is 12.0. The molecule has 134 valence electrons. The van der Waals surface area contributed by atoms with Gasteiger partial charge in [0.15, 0.2) is 16.9 Å². The number of rotatable bonds is 7. The van der Waals surface area contributed by atoms with E-state index in [9.17, 15) is 4.79 Å². The third-order valence-corrected chi connectivity index (χ3v) is 4.48. The van der Waals surface area contributed by atoms with Crippen LogP contribution in [0.5, 0.6) is 11.5 Å². The third kappa shape index (κ3) is 3.56. The predicted molar refractivity (Wildman–Crippen MR) is 99.8 cm³/mol. The third-order valence-electron chi connectivity index (χ3n) is 4.48. The summed E-state index contributed by atoms with van der Waals surface area (Å²) in [7, 11) is 0. The fraction of sp³-hybridized carbons (Fsp3) is 0.450. The van der Waals surface area contributed by atoms with Crippen molar-refractivity contribution in [3.05, 3.63) is 46.2 Å². The van der Waals surface area contributed by atoms with Gasteiger partial charge >= 0.3 is 0 Å². The monoisotopic (exact) mass is 342 g/mol. The van der Waals surface area contributed by atoms with Crippen LogP contribution >= 0.6 is 0 Å². The van der Waals surface area contributed by atoms with Gasteiger partial charge in [0.25, 0.3) is 0 Å². The van der Waals surface area contributed by atoms with Crippen molar-refractivity contribution in [2.75, 3.05) is 26.3 Å². The first kappa shape index (κ1) is 17.5. The summed E-state index contributed by atoms with van der Waals surface area (Å²) in [6, 6.07) is 7.70. The molecule has 0 saturated carbocycles. The van der Waals surface area contributed by atoms with Gasteiger partial charge in [-0.15, -0.1) is 0 Å². The summed E-state index contributed by atoms with van der Waals surface area (Å²) < 4.78 is 13.7. The molecule has 5 heteroatoms. The number of hydrogen-bond acceptors (Lipinski definition) is 4. The van der Waals surface area contributed by atoms with Crippen LogP contribution in [0.25, 0.3) is 11.3 Å². The van der Waals surface area contributed by atoms with E-state index in [-0.39, 0.29) is 11.5 Å². The zero-order valence-corrected chi connectivity index (χ0v) is 15.2. The van der Waals surface area contributed by atoms with E-state index in [4.69, 9.17) is 9.47 Å². The summed E-state index contributed by atoms with van der Waals surface area (Å²) in [5, 5.41) is 3.42. The van der Waals surface area contributed by atoms with Gasteiger partial charge in [-0.2, -0.15) is 0 Å². The molecule has 0 saturated heterocycles. The molecular formula is C20H26N2O3. The molecule has 2 aromatic rings. The van der Waals surface area contributed by atoms with Gasteiger partial charge in [0.05, 0.1) is 24.9 Å². The zero-order chi connectivity index (χ0) is 17.8. The lowest BCUT2D eigenvalue weighted by molar-refractivity contribution is 0.287. The number of nitrogens with zero attached hydrogens (tertiary/aromatic N) is 1. The van der Waals surface area contributed by atoms with Gasteiger partial charge in [-0.1, -0.05) is 6.92 Å². The van der Waals surface area contributed by atoms with Gasteiger partial charge in [-0.05, 0) is 44.5 Å². The molecule has 1 aromatic carbocycles. The molecule has 3 rings (SSSR count). The summed E-state index contributed by atoms with van der Waals surface area (Å²) in [4.78, 5) is 12.0. The summed E-state index contributed by atoms with van der Waals surface area (Å²) in [5.41, 5.74) is 3.21. The maximum Gasteiger partial charge on any atom is 0.182 e. The second-order valence-electron chi connectivity index (χ2n) is 6.14. The lowest BCUT2D eigenvalue weighted by Gasteiger charge is -2.31. The minimum absolute atomic E-state index is 0.0214. The van der Waals surface area contributed by atoms with E-state index in [1.54, 1.807) is 12.1 Å². The normalized spacial score (nSPS) is 15.4. The van der Waals surface area contributed by atoms with Crippen molar-refractivity contribution in [3.8, 4) is 22.8 Å². The van der Waals surface area contributed by atoms with Crippen LogP contribution in [0.2, 0.25) is 0 Å². The van der Waals surface area contributed by atoms with E-state index >= 15 is 0 Å². The van der Waals surface area contributed by atoms with Gasteiger partial charge in [-0.3, -0.25) is 4.79 Å². The zero-order valence-electron chi connectivity index (χ0n) is 15.2. The summed E-state index contributed by atoms with van der Waals surface area (Å²) in [6.07, 6.45) is 2.80. The molecular weight excluding hydrogens is 316 g/mol. The minimum atomic E-state index is 0.0214. The second-order valence-corrected chi connectivity index (χ2v) is 6.14. The van der Waals surface area contributed by atoms with Gasteiger partial charge < -0.3 is 19.4 Å². The molecule has 1 aliphatic rings. The van der Waals surface area contributed by atoms with Crippen LogP contribution in [0, 0.1) is 0 Å². The van der Waals surface area contributed by atoms with Crippen LogP contribution in [-0.4, -0.2) is 30.9 Å². The number of ether oxygens (including phenoxy) is 2. The average molecular weight is 342 g/mol. The highest BCUT2D eigenvalue weighted by Crippen LogP contribution is 2.40. The van der Waals surface area contributed by atoms with Crippen molar-refractivity contribution < 1.29 is 9.47 Å². The van der Waals surface area contributed by atoms with Crippen molar-refractivity contribution in [1.29, 1.82) is 0 Å². The Morgan fingerprint density at radius 2 is 1.84 bits per heavy atom. The summed E-state index contributed by atoms with van der Waals surface area (Å²) in [6.45, 7) is 8.98. The standard InChI is InChI=1S/C20H26N2O3/c1-4-21-13-15-9-14-10-19(24-5-2)20(25-6-3)12-17(14)18-11-16(23)7-8-22(15)18/h7-8,10-12,15,21H,4-6,9,13H2,1-3H3. The first-order valence-corrected chi connectivity index (χ1v) is 9.03. The number of hydrogen-bond donors (Lipinski definition) is 1. The van der Waals surface area contributed by atoms with Crippen molar-refractivity contribution in [3.63, 3.8) is 0 Å². The molecule has 0 bridgehead atoms. The average Bonchev–Trinajstić information content (AvgIpc) is 2.61. The van der Waals surface area contributed by atoms with Gasteiger partial charge in [0, 0.05) is 30.4 Å². The molecule has 1 atom stereocenters. The number of pyridine rings is 1. The molecule has 0 radical (unpaired) electrons. The molecule has 0 spiro atoms. The molecule has 1 unspecified atom stereocenters. The van der Waals surface area contributed by atoms with Crippen LogP contribution in [0.3, 0.4) is 0 Å². The predicted octanol–water partition coefficient (Wildman–Crippen LogP) is 3.02. The second kappa shape index (κ2) is 7.74. The molecule has 0 aliphatic carbocycles. The van der Waals surface area contributed by atoms with Crippen molar-refractivity contribution >= 4 is 0 Å². The Morgan fingerprint density at radius 1 is 1.12 bits per heavy atom. The van der Waals surface area contributed by atoms with Crippen LogP contribution in [0.1, 0.15) is 32.4 Å². The molecule has 0 amide bonds. The van der Waals surface area contributed by atoms with E-state index < -0.39 is 0 Å². The fourth-order valence-corrected chi connectivity index (χ4v) is 3.41. The highest BCUT2D eigenvalue weighted by molar-refractivity contribution is 5.70. The first-order chi connectivity index (χ1) is 12.2. The SMILES string of the molecule is CCNCC1Cc2cc(OCC)c(OCC)cc2-c2cc(=O)ccn21. The molecule has 2 heterocycles. The van der Waals surface area contributed by atoms with Crippen molar-refractivity contribution in [2.45, 2.75) is 33.2 Å². The number of likely N-dealkylation sites (N-methyl/N-ethyl adjacent to an activating group) is 1. The fourth-order valence-electron chi connectivity index (χ4n) is 3.41. The minimum Gasteiger partial charge on any atom is -0.490 e. The molecule has 1 aliphatic heterocycles. The van der Waals surface area contributed by atoms with Crippen molar-refractivity contribution in [2.24, 2.45) is 0 Å². The number of aromatic nitrogens is 1. The van der Waals surface area contributed by atoms with Crippen LogP contribution in [0.4, 0.5) is 0 Å². The maximum absolute atomic E-state index is 12.0. The highest BCUT2D eigenvalue weighted by atomic mass is 16.5. The Kier molecular flexibility index (Phi) is 5.43. The Balaban J connectivity index is 2.12. The number of benzene rings is 1. The van der Waals surface area contributed by atoms with E-state index in [0.29, 0.717) is 13.2 Å². The first-order valence-electron chi connectivity index (χ1n) is 9.03. The van der Waals surface area contributed by atoms with E-state index in [0.717, 1.165) is 42.3 Å². The van der Waals surface area contributed by atoms with E-state index in [1.165, 1.54) is 5.56 Å². The Bertz CT molecular complexity index is 798. The van der Waals surface area contributed by atoms with Gasteiger partial charge in [0.2, 0.25) is 0 Å². The van der Waals surface area contributed by atoms with Gasteiger partial charge in [0.1, 0.15) is 0 Å². The van der Waals surface area contributed by atoms with E-state index in [2.05, 4.69) is 22.9 Å². The van der Waals surface area contributed by atoms with Crippen LogP contribution < -0.4 is 20.2 Å². The molecule has 0 fully saturated rings. The molecule has 5 nitrogen and oxygen atoms in total. The smallest absolute Gasteiger partial charge is 0.182 e. The Hall–Kier alpha value is -2.27. The number of nitrogens with one attached hydrogen (secondary N) is 1. The number of fused-ring (bicyclic) bond motifs is 3. The molecule has 1 aromatic heterocycles. The molecule has 25 heavy (non-hydrogen) atoms. The lowest BCUT2D eigenvalue weighted by atomic mass is 9.92. The van der Waals surface area contributed by atoms with E-state index in [1.807, 2.05) is 26.1 Å². The Morgan fingerprint density at radius 3 is 2.52 bits per heavy atom. The van der Waals surface area contributed by atoms with Crippen molar-refractivity contribution in [1.82, 2.24) is 9.88 Å². The molecule has 1 N–H and O–H groups in total. The Labute approximate surface area is 148 Å². The largest absolute Gasteiger partial charge is 0.490 e.